The fraction of sp³-hybridized carbons (Fsp3) is 0.739. The summed E-state index contributed by atoms with van der Waals surface area (Å²) in [5.74, 6) is 2.55. The summed E-state index contributed by atoms with van der Waals surface area (Å²) in [4.78, 5) is 102. The fourth-order valence-corrected chi connectivity index (χ4v) is 23.8. The van der Waals surface area contributed by atoms with Crippen LogP contribution in [0.4, 0.5) is 0 Å². The Morgan fingerprint density at radius 3 is 1.26 bits per heavy atom. The molecule has 0 bridgehead atoms. The third-order valence-corrected chi connectivity index (χ3v) is 30.7. The Morgan fingerprint density at radius 2 is 0.863 bits per heavy atom. The molecule has 7 N–H and O–H groups in total. The Balaban J connectivity index is 0.000000267. The largest absolute Gasteiger partial charge is 0.508 e. The number of ether oxygens (including phenoxy) is 4. The summed E-state index contributed by atoms with van der Waals surface area (Å²) in [6, 6.07) is 16.0. The predicted molar refractivity (Wildman–Crippen MR) is 449 cm³/mol. The Hall–Kier alpha value is -6.70. The van der Waals surface area contributed by atoms with E-state index in [0.29, 0.717) is 29.1 Å². The molecular weight excluding hydrogens is 1530 g/mol. The maximum Gasteiger partial charge on any atom is 0.306 e. The molecule has 0 saturated heterocycles. The summed E-state index contributed by atoms with van der Waals surface area (Å²) in [6.07, 6.45) is 30.1. The number of carbonyl (C=O) groups is 8. The lowest BCUT2D eigenvalue weighted by Crippen LogP contribution is -2.51. The monoisotopic (exact) mass is 1670 g/mol. The van der Waals surface area contributed by atoms with Crippen molar-refractivity contribution in [2.24, 2.45) is 105 Å². The van der Waals surface area contributed by atoms with Crippen molar-refractivity contribution in [3.05, 3.63) is 89.0 Å². The predicted octanol–water partition coefficient (Wildman–Crippen LogP) is 15.0. The molecule has 0 radical (unpaired) electrons. The van der Waals surface area contributed by atoms with Crippen LogP contribution in [0.1, 0.15) is 260 Å². The smallest absolute Gasteiger partial charge is 0.306 e. The van der Waals surface area contributed by atoms with E-state index in [1.165, 1.54) is 113 Å². The average Bonchev–Trinajstić information content (AvgIpc) is 1.67. The van der Waals surface area contributed by atoms with E-state index < -0.39 is 79.2 Å². The van der Waals surface area contributed by atoms with Crippen LogP contribution in [0.3, 0.4) is 0 Å². The summed E-state index contributed by atoms with van der Waals surface area (Å²) in [5.41, 5.74) is 5.73. The minimum absolute atomic E-state index is 0.0121. The van der Waals surface area contributed by atoms with Crippen molar-refractivity contribution in [3.63, 3.8) is 0 Å². The van der Waals surface area contributed by atoms with Crippen LogP contribution in [-0.4, -0.2) is 142 Å². The number of phenolic OH excluding ortho intramolecular Hbond substituents is 1. The quantitative estimate of drug-likeness (QED) is 0.0107. The fourth-order valence-electron chi connectivity index (χ4n) is 23.1. The number of hydrogen-bond donors (Lipinski definition) is 7. The molecule has 2 aromatic carbocycles. The van der Waals surface area contributed by atoms with Gasteiger partial charge in [0.15, 0.2) is 0 Å². The highest BCUT2D eigenvalue weighted by Gasteiger charge is 2.61. The molecule has 25 heteroatoms. The number of amides is 4. The van der Waals surface area contributed by atoms with Crippen molar-refractivity contribution < 1.29 is 88.4 Å². The highest BCUT2D eigenvalue weighted by atomic mass is 32.2. The second kappa shape index (κ2) is 42.7. The number of fused-ring (bicyclic) bond motifs is 10. The van der Waals surface area contributed by atoms with E-state index in [9.17, 15) is 60.3 Å². The molecule has 4 amide bonds. The Morgan fingerprint density at radius 1 is 0.462 bits per heavy atom. The first-order valence-corrected chi connectivity index (χ1v) is 47.5. The van der Waals surface area contributed by atoms with Gasteiger partial charge in [0.1, 0.15) is 31.2 Å². The molecule has 6 fully saturated rings. The molecule has 8 aliphatic rings. The molecule has 0 aliphatic heterocycles. The Labute approximate surface area is 697 Å². The molecule has 6 saturated carbocycles. The van der Waals surface area contributed by atoms with Gasteiger partial charge in [0.25, 0.3) is 20.2 Å². The van der Waals surface area contributed by atoms with E-state index in [1.807, 2.05) is 30.3 Å². The van der Waals surface area contributed by atoms with Crippen LogP contribution in [0.5, 0.6) is 5.75 Å². The SMILES string of the molecule is CC(C)CCC[C@@H](C)C1CC[C@H]2[C@@H]3CC=C4CC(OC(=O)C[C@@H](Cc5ccc(O)cc5)C(=O)NCCOC(=O)CCC(=O)NCCS(=O)(=O)O)CC[C@]4(C)[C@H]3CC[C@]12C.CC(C)CCC[C@@H](C)C1CC[C@H]2[C@@H]3CC=C4CC(OC(=O)C[C@@H](Cc5ccccc5)C(=O)NCCOC(=O)CCC(=O)NCCS(=O)(=O)O)CC[C@]4(C)[C@H]3CC[C@]12C. The van der Waals surface area contributed by atoms with Crippen molar-refractivity contribution in [2.75, 3.05) is 50.9 Å². The molecule has 654 valence electrons. The number of aromatic hydroxyl groups is 1. The molecule has 0 aromatic heterocycles. The molecule has 8 aliphatic carbocycles. The lowest BCUT2D eigenvalue weighted by atomic mass is 9.47. The van der Waals surface area contributed by atoms with Gasteiger partial charge in [-0.2, -0.15) is 16.8 Å². The molecule has 4 unspecified atom stereocenters. The lowest BCUT2D eigenvalue weighted by molar-refractivity contribution is -0.154. The van der Waals surface area contributed by atoms with E-state index >= 15 is 0 Å². The van der Waals surface area contributed by atoms with Crippen LogP contribution in [0.2, 0.25) is 0 Å². The first-order valence-electron chi connectivity index (χ1n) is 44.3. The zero-order valence-corrected chi connectivity index (χ0v) is 73.3. The van der Waals surface area contributed by atoms with Crippen molar-refractivity contribution >= 4 is 67.7 Å². The maximum absolute atomic E-state index is 13.5. The molecule has 18 atom stereocenters. The lowest BCUT2D eigenvalue weighted by Gasteiger charge is -2.58. The number of esters is 4. The molecule has 0 heterocycles. The van der Waals surface area contributed by atoms with E-state index in [4.69, 9.17) is 28.1 Å². The van der Waals surface area contributed by atoms with Crippen molar-refractivity contribution in [2.45, 2.75) is 274 Å². The van der Waals surface area contributed by atoms with E-state index in [2.05, 4.69) is 103 Å². The number of rotatable bonds is 40. The van der Waals surface area contributed by atoms with Crippen LogP contribution in [0, 0.1) is 105 Å². The highest BCUT2D eigenvalue weighted by Crippen LogP contribution is 2.69. The van der Waals surface area contributed by atoms with Crippen LogP contribution < -0.4 is 21.3 Å². The third kappa shape index (κ3) is 26.7. The summed E-state index contributed by atoms with van der Waals surface area (Å²) < 4.78 is 83.2. The first-order chi connectivity index (χ1) is 55.4. The summed E-state index contributed by atoms with van der Waals surface area (Å²) in [6.45, 7) is 23.8. The number of nitrogens with one attached hydrogen (secondary N) is 4. The molecule has 0 spiro atoms. The zero-order chi connectivity index (χ0) is 85.0. The second-order valence-corrected chi connectivity index (χ2v) is 41.1. The third-order valence-electron chi connectivity index (χ3n) is 29.2. The number of carbonyl (C=O) groups excluding carboxylic acids is 8. The summed E-state index contributed by atoms with van der Waals surface area (Å²) in [5, 5.41) is 19.9. The van der Waals surface area contributed by atoms with Gasteiger partial charge in [-0.15, -0.1) is 0 Å². The van der Waals surface area contributed by atoms with Crippen LogP contribution >= 0.6 is 0 Å². The first kappa shape index (κ1) is 94.2. The van der Waals surface area contributed by atoms with Crippen LogP contribution in [0.25, 0.3) is 0 Å². The van der Waals surface area contributed by atoms with Gasteiger partial charge in [0, 0.05) is 38.8 Å². The standard InChI is InChI=1S/C46H70N2O10S.C46H70N2O9S/c1-30(2)7-6-8-31(3)38-15-16-39-37-14-11-34-29-36(19-21-45(34,4)40(37)20-22-46(38,39)5)58-43(52)28-33(27-32-9-12-35(49)13-10-32)44(53)48-23-25-57-42(51)18-17-41(50)47-24-26-59(54,55)56;1-31(2)10-9-11-32(3)38-16-17-39-37-15-14-35-30-36(20-22-45(35,4)40(37)21-23-46(38,39)5)57-43(51)29-34(28-33-12-7-6-8-13-33)44(52)48-24-26-56-42(50)19-18-41(49)47-25-27-58(53,54)55/h9-13,30-31,33,36-40,49H,6-8,14-29H2,1-5H3,(H,47,50)(H,48,53)(H,54,55,56);6-8,12-14,31-32,34,36-40H,9-11,15-30H2,1-5H3,(H,47,49)(H,48,52)(H,53,54,55)/t31-,33-,36?,37+,38?,39+,40+,45+,46-;32-,34-,36?,37+,38?,39+,40+,45+,46-/m11/s1. The number of hydrogen-bond acceptors (Lipinski definition) is 17. The van der Waals surface area contributed by atoms with Crippen LogP contribution in [0.15, 0.2) is 77.9 Å². The summed E-state index contributed by atoms with van der Waals surface area (Å²) >= 11 is 0. The second-order valence-electron chi connectivity index (χ2n) is 37.9. The number of allylic oxidation sites excluding steroid dienone is 2. The molecular formula is C92H140N4O19S2. The summed E-state index contributed by atoms with van der Waals surface area (Å²) in [7, 11) is -8.41. The van der Waals surface area contributed by atoms with Gasteiger partial charge in [-0.05, 0) is 219 Å². The number of phenols is 1. The van der Waals surface area contributed by atoms with E-state index in [1.54, 1.807) is 12.1 Å². The minimum Gasteiger partial charge on any atom is -0.508 e. The van der Waals surface area contributed by atoms with Gasteiger partial charge in [-0.3, -0.25) is 47.5 Å². The van der Waals surface area contributed by atoms with Gasteiger partial charge < -0.3 is 45.3 Å². The topological polar surface area (TPSA) is 351 Å². The van der Waals surface area contributed by atoms with E-state index in [-0.39, 0.29) is 125 Å². The van der Waals surface area contributed by atoms with Gasteiger partial charge in [-0.25, -0.2) is 0 Å². The van der Waals surface area contributed by atoms with Crippen LogP contribution in [-0.2, 0) is 90.4 Å². The van der Waals surface area contributed by atoms with Crippen molar-refractivity contribution in [1.29, 1.82) is 0 Å². The van der Waals surface area contributed by atoms with Gasteiger partial charge >= 0.3 is 23.9 Å². The Kier molecular flexibility index (Phi) is 34.4. The van der Waals surface area contributed by atoms with Crippen molar-refractivity contribution in [3.8, 4) is 5.75 Å². The molecule has 117 heavy (non-hydrogen) atoms. The molecule has 2 aromatic rings. The van der Waals surface area contributed by atoms with E-state index in [0.717, 1.165) is 122 Å². The molecule has 10 rings (SSSR count). The minimum atomic E-state index is -4.21. The van der Waals surface area contributed by atoms with Gasteiger partial charge in [0.05, 0.1) is 62.1 Å². The maximum atomic E-state index is 13.5. The zero-order valence-electron chi connectivity index (χ0n) is 71.6. The highest BCUT2D eigenvalue weighted by molar-refractivity contribution is 7.86. The van der Waals surface area contributed by atoms with Gasteiger partial charge in [0.2, 0.25) is 23.6 Å². The van der Waals surface area contributed by atoms with Gasteiger partial charge in [-0.1, -0.05) is 174 Å². The van der Waals surface area contributed by atoms with Crippen molar-refractivity contribution in [1.82, 2.24) is 21.3 Å². The molecule has 23 nitrogen and oxygen atoms in total. The Bertz CT molecular complexity index is 3980. The normalized spacial score (nSPS) is 28.7. The average molecular weight is 1670 g/mol. The number of benzene rings is 2.